The minimum absolute atomic E-state index is 0.267. The molecule has 0 fully saturated rings. The van der Waals surface area contributed by atoms with Gasteiger partial charge < -0.3 is 15.0 Å². The van der Waals surface area contributed by atoms with E-state index >= 15 is 0 Å². The van der Waals surface area contributed by atoms with Gasteiger partial charge in [-0.25, -0.2) is 4.79 Å². The average molecular weight is 330 g/mol. The lowest BCUT2D eigenvalue weighted by Crippen LogP contribution is -2.02. The first-order valence-corrected chi connectivity index (χ1v) is 7.04. The molecule has 1 heterocycles. The molecule has 0 saturated carbocycles. The van der Waals surface area contributed by atoms with Gasteiger partial charge >= 0.3 is 5.97 Å². The molecular formula is C16H12ClN3O3. The summed E-state index contributed by atoms with van der Waals surface area (Å²) in [5.74, 6) is 0.229. The lowest BCUT2D eigenvalue weighted by atomic mass is 10.1. The number of rotatable bonds is 3. The highest BCUT2D eigenvalue weighted by atomic mass is 35.5. The summed E-state index contributed by atoms with van der Waals surface area (Å²) in [6.07, 6.45) is 0. The number of esters is 1. The van der Waals surface area contributed by atoms with Gasteiger partial charge in [0.25, 0.3) is 5.89 Å². The fraction of sp³-hybridized carbons (Fsp3) is 0.0625. The first kappa shape index (κ1) is 15.1. The van der Waals surface area contributed by atoms with Crippen LogP contribution in [0, 0.1) is 0 Å². The van der Waals surface area contributed by atoms with Crippen LogP contribution in [0.3, 0.4) is 0 Å². The van der Waals surface area contributed by atoms with Gasteiger partial charge in [0.05, 0.1) is 18.2 Å². The van der Waals surface area contributed by atoms with E-state index in [4.69, 9.17) is 21.9 Å². The van der Waals surface area contributed by atoms with Gasteiger partial charge in [-0.2, -0.15) is 4.98 Å². The molecule has 1 aromatic heterocycles. The molecule has 2 aromatic carbocycles. The van der Waals surface area contributed by atoms with Crippen LogP contribution in [0.4, 0.5) is 5.69 Å². The molecule has 0 unspecified atom stereocenters. The van der Waals surface area contributed by atoms with E-state index in [2.05, 4.69) is 14.9 Å². The molecule has 0 atom stereocenters. The van der Waals surface area contributed by atoms with E-state index in [1.165, 1.54) is 13.2 Å². The molecule has 0 bridgehead atoms. The molecule has 3 aromatic rings. The van der Waals surface area contributed by atoms with E-state index < -0.39 is 5.97 Å². The number of nitrogen functional groups attached to an aromatic ring is 1. The Morgan fingerprint density at radius 3 is 2.61 bits per heavy atom. The Balaban J connectivity index is 1.94. The number of hydrogen-bond donors (Lipinski definition) is 1. The van der Waals surface area contributed by atoms with Gasteiger partial charge in [-0.1, -0.05) is 16.8 Å². The maximum atomic E-state index is 11.5. The van der Waals surface area contributed by atoms with Crippen molar-refractivity contribution in [2.75, 3.05) is 12.8 Å². The van der Waals surface area contributed by atoms with Gasteiger partial charge in [-0.05, 0) is 42.5 Å². The number of anilines is 1. The van der Waals surface area contributed by atoms with Crippen molar-refractivity contribution in [3.8, 4) is 22.8 Å². The number of halogens is 1. The molecule has 23 heavy (non-hydrogen) atoms. The third-order valence-corrected chi connectivity index (χ3v) is 3.48. The number of nitrogens with zero attached hydrogens (tertiary/aromatic N) is 2. The second-order valence-corrected chi connectivity index (χ2v) is 5.16. The Bertz CT molecular complexity index is 859. The summed E-state index contributed by atoms with van der Waals surface area (Å²) < 4.78 is 9.90. The highest BCUT2D eigenvalue weighted by molar-refractivity contribution is 6.30. The first-order chi connectivity index (χ1) is 11.1. The molecule has 0 spiro atoms. The van der Waals surface area contributed by atoms with Crippen LogP contribution in [0.2, 0.25) is 5.02 Å². The molecule has 0 aliphatic rings. The van der Waals surface area contributed by atoms with Crippen LogP contribution >= 0.6 is 11.6 Å². The van der Waals surface area contributed by atoms with E-state index in [0.29, 0.717) is 27.7 Å². The van der Waals surface area contributed by atoms with Crippen LogP contribution in [0.1, 0.15) is 10.4 Å². The number of hydrogen-bond acceptors (Lipinski definition) is 6. The largest absolute Gasteiger partial charge is 0.465 e. The monoisotopic (exact) mass is 329 g/mol. The number of ether oxygens (including phenoxy) is 1. The standard InChI is InChI=1S/C16H12ClN3O3/c1-22-16(21)10-4-7-12(13(18)8-10)15-19-14(20-23-15)9-2-5-11(17)6-3-9/h2-8H,18H2,1H3. The number of nitrogens with two attached hydrogens (primary N) is 1. The molecule has 7 heteroatoms. The minimum atomic E-state index is -0.462. The van der Waals surface area contributed by atoms with Crippen molar-refractivity contribution in [3.63, 3.8) is 0 Å². The second-order valence-electron chi connectivity index (χ2n) is 4.72. The van der Waals surface area contributed by atoms with E-state index in [-0.39, 0.29) is 5.89 Å². The van der Waals surface area contributed by atoms with E-state index in [1.54, 1.807) is 36.4 Å². The average Bonchev–Trinajstić information content (AvgIpc) is 3.04. The highest BCUT2D eigenvalue weighted by Crippen LogP contribution is 2.28. The van der Waals surface area contributed by atoms with Gasteiger partial charge in [0.2, 0.25) is 5.82 Å². The quantitative estimate of drug-likeness (QED) is 0.584. The van der Waals surface area contributed by atoms with Gasteiger partial charge in [-0.15, -0.1) is 0 Å². The Labute approximate surface area is 136 Å². The zero-order valence-electron chi connectivity index (χ0n) is 12.1. The van der Waals surface area contributed by atoms with Gasteiger partial charge in [0.15, 0.2) is 0 Å². The summed E-state index contributed by atoms with van der Waals surface area (Å²) in [6.45, 7) is 0. The number of carbonyl (C=O) groups excluding carboxylic acids is 1. The molecule has 3 rings (SSSR count). The number of methoxy groups -OCH3 is 1. The van der Waals surface area contributed by atoms with Crippen LogP contribution in [0.25, 0.3) is 22.8 Å². The molecule has 6 nitrogen and oxygen atoms in total. The van der Waals surface area contributed by atoms with Crippen molar-refractivity contribution in [2.45, 2.75) is 0 Å². The predicted octanol–water partition coefficient (Wildman–Crippen LogP) is 3.43. The zero-order chi connectivity index (χ0) is 16.4. The Kier molecular flexibility index (Phi) is 3.99. The van der Waals surface area contributed by atoms with E-state index in [9.17, 15) is 4.79 Å². The van der Waals surface area contributed by atoms with Crippen molar-refractivity contribution in [3.05, 3.63) is 53.1 Å². The molecule has 0 amide bonds. The smallest absolute Gasteiger partial charge is 0.337 e. The van der Waals surface area contributed by atoms with Gasteiger partial charge in [-0.3, -0.25) is 0 Å². The van der Waals surface area contributed by atoms with Crippen LogP contribution in [0.5, 0.6) is 0 Å². The number of aromatic nitrogens is 2. The van der Waals surface area contributed by atoms with Crippen molar-refractivity contribution >= 4 is 23.3 Å². The lowest BCUT2D eigenvalue weighted by molar-refractivity contribution is 0.0601. The van der Waals surface area contributed by atoms with Crippen LogP contribution < -0.4 is 5.73 Å². The fourth-order valence-electron chi connectivity index (χ4n) is 2.05. The first-order valence-electron chi connectivity index (χ1n) is 6.66. The summed E-state index contributed by atoms with van der Waals surface area (Å²) in [7, 11) is 1.31. The molecule has 0 aliphatic carbocycles. The van der Waals surface area contributed by atoms with Crippen LogP contribution in [-0.2, 0) is 4.74 Å². The Morgan fingerprint density at radius 2 is 1.96 bits per heavy atom. The van der Waals surface area contributed by atoms with Crippen LogP contribution in [0.15, 0.2) is 47.0 Å². The normalized spacial score (nSPS) is 10.5. The topological polar surface area (TPSA) is 91.2 Å². The maximum Gasteiger partial charge on any atom is 0.337 e. The van der Waals surface area contributed by atoms with E-state index in [0.717, 1.165) is 5.56 Å². The molecule has 2 N–H and O–H groups in total. The Hall–Kier alpha value is -2.86. The van der Waals surface area contributed by atoms with Crippen molar-refractivity contribution in [2.24, 2.45) is 0 Å². The number of benzene rings is 2. The summed E-state index contributed by atoms with van der Waals surface area (Å²) in [6, 6.07) is 11.8. The zero-order valence-corrected chi connectivity index (χ0v) is 12.9. The lowest BCUT2D eigenvalue weighted by Gasteiger charge is -2.03. The van der Waals surface area contributed by atoms with Gasteiger partial charge in [0, 0.05) is 16.3 Å². The van der Waals surface area contributed by atoms with Crippen molar-refractivity contribution < 1.29 is 14.1 Å². The molecule has 0 saturated heterocycles. The van der Waals surface area contributed by atoms with Crippen LogP contribution in [-0.4, -0.2) is 23.2 Å². The third-order valence-electron chi connectivity index (χ3n) is 3.23. The van der Waals surface area contributed by atoms with E-state index in [1.807, 2.05) is 0 Å². The Morgan fingerprint density at radius 1 is 1.22 bits per heavy atom. The second kappa shape index (κ2) is 6.10. The summed E-state index contributed by atoms with van der Waals surface area (Å²) in [4.78, 5) is 15.8. The molecule has 116 valence electrons. The third kappa shape index (κ3) is 3.02. The summed E-state index contributed by atoms with van der Waals surface area (Å²) >= 11 is 5.85. The summed E-state index contributed by atoms with van der Waals surface area (Å²) in [5.41, 5.74) is 7.98. The predicted molar refractivity (Wildman–Crippen MR) is 85.9 cm³/mol. The van der Waals surface area contributed by atoms with Crippen molar-refractivity contribution in [1.82, 2.24) is 10.1 Å². The SMILES string of the molecule is COC(=O)c1ccc(-c2nc(-c3ccc(Cl)cc3)no2)c(N)c1. The highest BCUT2D eigenvalue weighted by Gasteiger charge is 2.15. The number of carbonyl (C=O) groups is 1. The summed E-state index contributed by atoms with van der Waals surface area (Å²) in [5, 5.41) is 4.56. The fourth-order valence-corrected chi connectivity index (χ4v) is 2.18. The molecule has 0 radical (unpaired) electrons. The minimum Gasteiger partial charge on any atom is -0.465 e. The molecule has 0 aliphatic heterocycles. The molecular weight excluding hydrogens is 318 g/mol. The van der Waals surface area contributed by atoms with Gasteiger partial charge in [0.1, 0.15) is 0 Å². The van der Waals surface area contributed by atoms with Crippen molar-refractivity contribution in [1.29, 1.82) is 0 Å². The maximum absolute atomic E-state index is 11.5.